The Hall–Kier alpha value is -1.23. The van der Waals surface area contributed by atoms with Gasteiger partial charge in [0, 0.05) is 26.2 Å². The predicted octanol–water partition coefficient (Wildman–Crippen LogP) is -0.939. The smallest absolute Gasteiger partial charge is 0.310 e. The maximum atomic E-state index is 12.6. The van der Waals surface area contributed by atoms with Gasteiger partial charge in [0.25, 0.3) is 10.2 Å². The lowest BCUT2D eigenvalue weighted by atomic mass is 9.99. The Bertz CT molecular complexity index is 528. The largest absolute Gasteiger partial charge is 0.481 e. The summed E-state index contributed by atoms with van der Waals surface area (Å²) in [4.78, 5) is 22.0. The molecule has 0 saturated carbocycles. The van der Waals surface area contributed by atoms with Crippen LogP contribution >= 0.6 is 0 Å². The average molecular weight is 336 g/mol. The van der Waals surface area contributed by atoms with Gasteiger partial charge >= 0.3 is 11.9 Å². The number of carboxylic acids is 2. The summed E-state index contributed by atoms with van der Waals surface area (Å²) in [6.45, 7) is 0.376. The normalized spacial score (nSPS) is 26.5. The zero-order valence-electron chi connectivity index (χ0n) is 12.0. The van der Waals surface area contributed by atoms with Crippen LogP contribution in [0.4, 0.5) is 0 Å². The van der Waals surface area contributed by atoms with E-state index < -0.39 is 34.0 Å². The molecule has 126 valence electrons. The van der Waals surface area contributed by atoms with Crippen LogP contribution < -0.4 is 0 Å². The number of carbonyl (C=O) groups is 2. The summed E-state index contributed by atoms with van der Waals surface area (Å²) in [5, 5.41) is 18.0. The zero-order valence-corrected chi connectivity index (χ0v) is 12.9. The third-order valence-electron chi connectivity index (χ3n) is 4.03. The molecule has 2 aliphatic heterocycles. The number of ether oxygens (including phenoxy) is 1. The van der Waals surface area contributed by atoms with Crippen molar-refractivity contribution in [2.75, 3.05) is 39.4 Å². The van der Waals surface area contributed by atoms with Gasteiger partial charge in [0.05, 0.1) is 25.0 Å². The summed E-state index contributed by atoms with van der Waals surface area (Å²) in [6.07, 6.45) is 0.530. The van der Waals surface area contributed by atoms with Crippen molar-refractivity contribution in [2.24, 2.45) is 11.8 Å². The first-order valence-electron chi connectivity index (χ1n) is 7.11. The fraction of sp³-hybridized carbons (Fsp3) is 0.833. The molecule has 2 N–H and O–H groups in total. The van der Waals surface area contributed by atoms with Gasteiger partial charge in [-0.25, -0.2) is 0 Å². The summed E-state index contributed by atoms with van der Waals surface area (Å²) in [7, 11) is -3.79. The van der Waals surface area contributed by atoms with Gasteiger partial charge in [-0.15, -0.1) is 0 Å². The minimum absolute atomic E-state index is 0.0115. The second kappa shape index (κ2) is 6.90. The molecule has 0 aliphatic carbocycles. The minimum atomic E-state index is -3.79. The van der Waals surface area contributed by atoms with Gasteiger partial charge in [0.1, 0.15) is 0 Å². The van der Waals surface area contributed by atoms with Crippen LogP contribution in [0.2, 0.25) is 0 Å². The van der Waals surface area contributed by atoms with Crippen LogP contribution in [0.5, 0.6) is 0 Å². The van der Waals surface area contributed by atoms with E-state index in [1.807, 2.05) is 0 Å². The van der Waals surface area contributed by atoms with Crippen LogP contribution in [0.3, 0.4) is 0 Å². The SMILES string of the molecule is O=C(O)C1CCN(S(=O)(=O)N2CCOCC(C(=O)O)C2)CC1. The van der Waals surface area contributed by atoms with Gasteiger partial charge in [-0.05, 0) is 12.8 Å². The summed E-state index contributed by atoms with van der Waals surface area (Å²) in [5.41, 5.74) is 0. The predicted molar refractivity (Wildman–Crippen MR) is 74.4 cm³/mol. The Labute approximate surface area is 128 Å². The minimum Gasteiger partial charge on any atom is -0.481 e. The van der Waals surface area contributed by atoms with Crippen molar-refractivity contribution in [2.45, 2.75) is 12.8 Å². The highest BCUT2D eigenvalue weighted by Gasteiger charge is 2.37. The van der Waals surface area contributed by atoms with E-state index in [0.717, 1.165) is 4.31 Å². The van der Waals surface area contributed by atoms with Gasteiger partial charge in [-0.1, -0.05) is 0 Å². The fourth-order valence-corrected chi connectivity index (χ4v) is 4.31. The van der Waals surface area contributed by atoms with Crippen molar-refractivity contribution in [1.29, 1.82) is 0 Å². The first-order valence-corrected chi connectivity index (χ1v) is 8.50. The maximum Gasteiger partial charge on any atom is 0.310 e. The Kier molecular flexibility index (Phi) is 5.37. The lowest BCUT2D eigenvalue weighted by Crippen LogP contribution is -2.49. The standard InChI is InChI=1S/C12H20N2O7S/c15-11(16)9-1-3-13(4-2-9)22(19,20)14-5-6-21-8-10(7-14)12(17)18/h9-10H,1-8H2,(H,15,16)(H,17,18). The number of hydrogen-bond acceptors (Lipinski definition) is 5. The van der Waals surface area contributed by atoms with Gasteiger partial charge in [0.2, 0.25) is 0 Å². The topological polar surface area (TPSA) is 124 Å². The van der Waals surface area contributed by atoms with Gasteiger partial charge < -0.3 is 14.9 Å². The molecule has 0 aromatic carbocycles. The molecular weight excluding hydrogens is 316 g/mol. The molecule has 1 atom stereocenters. The molecule has 0 aromatic heterocycles. The first-order chi connectivity index (χ1) is 10.3. The number of aliphatic carboxylic acids is 2. The van der Waals surface area contributed by atoms with E-state index in [4.69, 9.17) is 14.9 Å². The molecule has 1 unspecified atom stereocenters. The molecule has 2 aliphatic rings. The van der Waals surface area contributed by atoms with Crippen molar-refractivity contribution >= 4 is 22.1 Å². The Morgan fingerprint density at radius 1 is 0.955 bits per heavy atom. The van der Waals surface area contributed by atoms with Crippen molar-refractivity contribution in [3.8, 4) is 0 Å². The van der Waals surface area contributed by atoms with Gasteiger partial charge in [-0.3, -0.25) is 9.59 Å². The second-order valence-corrected chi connectivity index (χ2v) is 7.42. The van der Waals surface area contributed by atoms with Crippen molar-refractivity contribution in [1.82, 2.24) is 8.61 Å². The Morgan fingerprint density at radius 2 is 1.55 bits per heavy atom. The van der Waals surface area contributed by atoms with Crippen molar-refractivity contribution in [3.05, 3.63) is 0 Å². The molecule has 10 heteroatoms. The van der Waals surface area contributed by atoms with E-state index >= 15 is 0 Å². The monoisotopic (exact) mass is 336 g/mol. The van der Waals surface area contributed by atoms with Crippen LogP contribution in [0.15, 0.2) is 0 Å². The third-order valence-corrected chi connectivity index (χ3v) is 6.04. The second-order valence-electron chi connectivity index (χ2n) is 5.49. The molecule has 0 aromatic rings. The molecule has 0 bridgehead atoms. The summed E-state index contributed by atoms with van der Waals surface area (Å²) >= 11 is 0. The summed E-state index contributed by atoms with van der Waals surface area (Å²) < 4.78 is 32.7. The molecular formula is C12H20N2O7S. The lowest BCUT2D eigenvalue weighted by Gasteiger charge is -2.33. The quantitative estimate of drug-likeness (QED) is 0.679. The summed E-state index contributed by atoms with van der Waals surface area (Å²) in [5.74, 6) is -3.42. The van der Waals surface area contributed by atoms with Crippen LogP contribution in [-0.4, -0.2) is 78.6 Å². The maximum absolute atomic E-state index is 12.6. The van der Waals surface area contributed by atoms with Crippen molar-refractivity contribution in [3.63, 3.8) is 0 Å². The first kappa shape index (κ1) is 17.1. The lowest BCUT2D eigenvalue weighted by molar-refractivity contribution is -0.144. The van der Waals surface area contributed by atoms with E-state index in [2.05, 4.69) is 0 Å². The summed E-state index contributed by atoms with van der Waals surface area (Å²) in [6, 6.07) is 0. The number of nitrogens with zero attached hydrogens (tertiary/aromatic N) is 2. The molecule has 2 rings (SSSR count). The Balaban J connectivity index is 2.06. The van der Waals surface area contributed by atoms with Gasteiger partial charge in [-0.2, -0.15) is 17.0 Å². The van der Waals surface area contributed by atoms with E-state index in [1.54, 1.807) is 0 Å². The number of carboxylic acid groups (broad SMARTS) is 2. The molecule has 2 heterocycles. The Morgan fingerprint density at radius 3 is 2.09 bits per heavy atom. The highest BCUT2D eigenvalue weighted by atomic mass is 32.2. The fourth-order valence-electron chi connectivity index (χ4n) is 2.64. The van der Waals surface area contributed by atoms with Crippen LogP contribution in [0.25, 0.3) is 0 Å². The van der Waals surface area contributed by atoms with E-state index in [0.29, 0.717) is 0 Å². The van der Waals surface area contributed by atoms with Crippen molar-refractivity contribution < 1.29 is 33.0 Å². The number of rotatable bonds is 4. The number of piperidine rings is 1. The molecule has 9 nitrogen and oxygen atoms in total. The highest BCUT2D eigenvalue weighted by Crippen LogP contribution is 2.23. The average Bonchev–Trinajstić information content (AvgIpc) is 2.73. The molecule has 0 spiro atoms. The zero-order chi connectivity index (χ0) is 16.3. The molecule has 22 heavy (non-hydrogen) atoms. The molecule has 0 radical (unpaired) electrons. The van der Waals surface area contributed by atoms with E-state index in [9.17, 15) is 18.0 Å². The highest BCUT2D eigenvalue weighted by molar-refractivity contribution is 7.86. The molecule has 2 fully saturated rings. The number of hydrogen-bond donors (Lipinski definition) is 2. The van der Waals surface area contributed by atoms with E-state index in [1.165, 1.54) is 4.31 Å². The van der Waals surface area contributed by atoms with Gasteiger partial charge in [0.15, 0.2) is 0 Å². The third kappa shape index (κ3) is 3.75. The van der Waals surface area contributed by atoms with Crippen LogP contribution in [0, 0.1) is 11.8 Å². The van der Waals surface area contributed by atoms with Crippen LogP contribution in [-0.2, 0) is 24.5 Å². The molecule has 0 amide bonds. The van der Waals surface area contributed by atoms with Crippen LogP contribution in [0.1, 0.15) is 12.8 Å². The molecule has 2 saturated heterocycles. The van der Waals surface area contributed by atoms with E-state index in [-0.39, 0.29) is 52.2 Å².